The van der Waals surface area contributed by atoms with Crippen LogP contribution >= 0.6 is 11.6 Å². The summed E-state index contributed by atoms with van der Waals surface area (Å²) >= 11 is 5.79. The van der Waals surface area contributed by atoms with Gasteiger partial charge in [0.2, 0.25) is 0 Å². The van der Waals surface area contributed by atoms with Gasteiger partial charge in [-0.25, -0.2) is 0 Å². The highest BCUT2D eigenvalue weighted by molar-refractivity contribution is 6.30. The Kier molecular flexibility index (Phi) is 3.22. The minimum Gasteiger partial charge on any atom is -0.397 e. The van der Waals surface area contributed by atoms with Gasteiger partial charge in [-0.15, -0.1) is 0 Å². The fourth-order valence-electron chi connectivity index (χ4n) is 1.30. The molecule has 2 aromatic rings. The maximum Gasteiger partial charge on any atom is 0.0859 e. The van der Waals surface area contributed by atoms with E-state index in [0.29, 0.717) is 5.69 Å². The number of para-hydroxylation sites is 2. The van der Waals surface area contributed by atoms with E-state index in [1.54, 1.807) is 6.21 Å². The summed E-state index contributed by atoms with van der Waals surface area (Å²) in [5.74, 6) is 0. The highest BCUT2D eigenvalue weighted by Crippen LogP contribution is 2.20. The largest absolute Gasteiger partial charge is 0.397 e. The Labute approximate surface area is 99.4 Å². The Morgan fingerprint density at radius 2 is 1.69 bits per heavy atom. The van der Waals surface area contributed by atoms with Crippen LogP contribution in [0.2, 0.25) is 5.02 Å². The lowest BCUT2D eigenvalue weighted by Crippen LogP contribution is -1.85. The van der Waals surface area contributed by atoms with Crippen molar-refractivity contribution >= 4 is 29.2 Å². The molecule has 3 heteroatoms. The molecule has 0 fully saturated rings. The zero-order valence-electron chi connectivity index (χ0n) is 8.60. The van der Waals surface area contributed by atoms with E-state index in [9.17, 15) is 0 Å². The van der Waals surface area contributed by atoms with Crippen molar-refractivity contribution in [1.29, 1.82) is 0 Å². The minimum atomic E-state index is 0.674. The fraction of sp³-hybridized carbons (Fsp3) is 0. The molecule has 0 aliphatic heterocycles. The smallest absolute Gasteiger partial charge is 0.0859 e. The first kappa shape index (κ1) is 10.7. The first-order chi connectivity index (χ1) is 7.75. The third kappa shape index (κ3) is 2.61. The second-order valence-electron chi connectivity index (χ2n) is 3.37. The number of halogens is 1. The van der Waals surface area contributed by atoms with Crippen LogP contribution in [0.1, 0.15) is 5.56 Å². The lowest BCUT2D eigenvalue weighted by Gasteiger charge is -1.98. The molecule has 16 heavy (non-hydrogen) atoms. The minimum absolute atomic E-state index is 0.674. The summed E-state index contributed by atoms with van der Waals surface area (Å²) in [5.41, 5.74) is 8.22. The molecular weight excluding hydrogens is 220 g/mol. The Hall–Kier alpha value is -1.80. The standard InChI is InChI=1S/C13H11ClN2/c14-11-7-5-10(6-8-11)9-16-13-4-2-1-3-12(13)15/h1-9H,15H2. The van der Waals surface area contributed by atoms with Crippen LogP contribution in [0.5, 0.6) is 0 Å². The summed E-state index contributed by atoms with van der Waals surface area (Å²) in [4.78, 5) is 4.31. The number of aliphatic imine (C=N–C) groups is 1. The number of nitrogens with zero attached hydrogens (tertiary/aromatic N) is 1. The zero-order chi connectivity index (χ0) is 11.4. The number of hydrogen-bond acceptors (Lipinski definition) is 2. The van der Waals surface area contributed by atoms with Gasteiger partial charge >= 0.3 is 0 Å². The van der Waals surface area contributed by atoms with Gasteiger partial charge < -0.3 is 5.73 Å². The predicted molar refractivity (Wildman–Crippen MR) is 69.6 cm³/mol. The molecule has 2 N–H and O–H groups in total. The molecule has 0 saturated carbocycles. The first-order valence-corrected chi connectivity index (χ1v) is 5.27. The van der Waals surface area contributed by atoms with Crippen molar-refractivity contribution in [2.75, 3.05) is 5.73 Å². The average molecular weight is 231 g/mol. The van der Waals surface area contributed by atoms with E-state index in [-0.39, 0.29) is 0 Å². The maximum absolute atomic E-state index is 5.79. The van der Waals surface area contributed by atoms with Crippen LogP contribution in [0.25, 0.3) is 0 Å². The van der Waals surface area contributed by atoms with E-state index >= 15 is 0 Å². The Morgan fingerprint density at radius 1 is 1.00 bits per heavy atom. The molecule has 0 saturated heterocycles. The number of nitrogens with two attached hydrogens (primary N) is 1. The third-order valence-corrected chi connectivity index (χ3v) is 2.41. The first-order valence-electron chi connectivity index (χ1n) is 4.90. The molecule has 0 radical (unpaired) electrons. The van der Waals surface area contributed by atoms with Gasteiger partial charge in [0.15, 0.2) is 0 Å². The van der Waals surface area contributed by atoms with Gasteiger partial charge in [-0.1, -0.05) is 35.9 Å². The molecule has 0 spiro atoms. The van der Waals surface area contributed by atoms with Gasteiger partial charge in [0.05, 0.1) is 11.4 Å². The summed E-state index contributed by atoms with van der Waals surface area (Å²) < 4.78 is 0. The van der Waals surface area contributed by atoms with Crippen molar-refractivity contribution in [1.82, 2.24) is 0 Å². The van der Waals surface area contributed by atoms with Crippen LogP contribution in [-0.2, 0) is 0 Å². The molecule has 0 atom stereocenters. The molecule has 2 rings (SSSR count). The van der Waals surface area contributed by atoms with Crippen molar-refractivity contribution in [3.05, 3.63) is 59.1 Å². The summed E-state index contributed by atoms with van der Waals surface area (Å²) in [6.07, 6.45) is 1.77. The monoisotopic (exact) mass is 230 g/mol. The topological polar surface area (TPSA) is 38.4 Å². The van der Waals surface area contributed by atoms with E-state index in [1.807, 2.05) is 48.5 Å². The highest BCUT2D eigenvalue weighted by atomic mass is 35.5. The number of nitrogen functional groups attached to an aromatic ring is 1. The second-order valence-corrected chi connectivity index (χ2v) is 3.81. The molecule has 0 bridgehead atoms. The van der Waals surface area contributed by atoms with Crippen molar-refractivity contribution in [3.63, 3.8) is 0 Å². The Bertz CT molecular complexity index is 504. The summed E-state index contributed by atoms with van der Waals surface area (Å²) in [7, 11) is 0. The van der Waals surface area contributed by atoms with Crippen LogP contribution in [0.15, 0.2) is 53.5 Å². The number of rotatable bonds is 2. The fourth-order valence-corrected chi connectivity index (χ4v) is 1.42. The zero-order valence-corrected chi connectivity index (χ0v) is 9.35. The average Bonchev–Trinajstić information content (AvgIpc) is 2.30. The molecule has 0 unspecified atom stereocenters. The maximum atomic E-state index is 5.79. The molecular formula is C13H11ClN2. The van der Waals surface area contributed by atoms with Crippen LogP contribution in [-0.4, -0.2) is 6.21 Å². The summed E-state index contributed by atoms with van der Waals surface area (Å²) in [6.45, 7) is 0. The number of hydrogen-bond donors (Lipinski definition) is 1. The van der Waals surface area contributed by atoms with Gasteiger partial charge in [0.25, 0.3) is 0 Å². The Morgan fingerprint density at radius 3 is 2.38 bits per heavy atom. The number of anilines is 1. The summed E-state index contributed by atoms with van der Waals surface area (Å²) in [5, 5.41) is 0.719. The van der Waals surface area contributed by atoms with Crippen molar-refractivity contribution in [2.45, 2.75) is 0 Å². The van der Waals surface area contributed by atoms with Gasteiger partial charge in [0, 0.05) is 11.2 Å². The van der Waals surface area contributed by atoms with Gasteiger partial charge in [-0.3, -0.25) is 4.99 Å². The molecule has 2 aromatic carbocycles. The molecule has 0 aromatic heterocycles. The van der Waals surface area contributed by atoms with Crippen LogP contribution < -0.4 is 5.73 Å². The third-order valence-electron chi connectivity index (χ3n) is 2.16. The van der Waals surface area contributed by atoms with Crippen LogP contribution in [0.4, 0.5) is 11.4 Å². The quantitative estimate of drug-likeness (QED) is 0.620. The molecule has 0 amide bonds. The SMILES string of the molecule is Nc1ccccc1N=Cc1ccc(Cl)cc1. The van der Waals surface area contributed by atoms with Gasteiger partial charge in [-0.05, 0) is 29.8 Å². The normalized spacial score (nSPS) is 10.8. The van der Waals surface area contributed by atoms with E-state index < -0.39 is 0 Å². The van der Waals surface area contributed by atoms with Gasteiger partial charge in [-0.2, -0.15) is 0 Å². The second kappa shape index (κ2) is 4.81. The van der Waals surface area contributed by atoms with Crippen LogP contribution in [0.3, 0.4) is 0 Å². The molecule has 0 aliphatic rings. The van der Waals surface area contributed by atoms with Crippen molar-refractivity contribution in [3.8, 4) is 0 Å². The highest BCUT2D eigenvalue weighted by Gasteiger charge is 1.93. The van der Waals surface area contributed by atoms with E-state index in [1.165, 1.54) is 0 Å². The van der Waals surface area contributed by atoms with Crippen molar-refractivity contribution < 1.29 is 0 Å². The van der Waals surface area contributed by atoms with Crippen LogP contribution in [0, 0.1) is 0 Å². The molecule has 2 nitrogen and oxygen atoms in total. The molecule has 0 heterocycles. The Balaban J connectivity index is 2.21. The van der Waals surface area contributed by atoms with Crippen molar-refractivity contribution in [2.24, 2.45) is 4.99 Å². The van der Waals surface area contributed by atoms with Gasteiger partial charge in [0.1, 0.15) is 0 Å². The molecule has 80 valence electrons. The van der Waals surface area contributed by atoms with E-state index in [2.05, 4.69) is 4.99 Å². The predicted octanol–water partition coefficient (Wildman–Crippen LogP) is 3.67. The lowest BCUT2D eigenvalue weighted by molar-refractivity contribution is 1.52. The molecule has 0 aliphatic carbocycles. The lowest BCUT2D eigenvalue weighted by atomic mass is 10.2. The number of benzene rings is 2. The van der Waals surface area contributed by atoms with E-state index in [4.69, 9.17) is 17.3 Å². The summed E-state index contributed by atoms with van der Waals surface area (Å²) in [6, 6.07) is 15.0. The van der Waals surface area contributed by atoms with E-state index in [0.717, 1.165) is 16.3 Å².